The Morgan fingerprint density at radius 3 is 2.17 bits per heavy atom. The van der Waals surface area contributed by atoms with Crippen molar-refractivity contribution in [3.8, 4) is 0 Å². The van der Waals surface area contributed by atoms with Crippen LogP contribution in [0.2, 0.25) is 0 Å². The van der Waals surface area contributed by atoms with Gasteiger partial charge >= 0.3 is 0 Å². The first-order valence-electron chi connectivity index (χ1n) is 9.44. The standard InChI is InChI=1S/C23H24N2O3S/c1-3-25(21-12-8-5-9-13-21)29(27,28)22-16-20(15-14-18(22)2)23(26)24-17-19-10-6-4-7-11-19/h4-16H,3,17H2,1-2H3,(H,24,26). The zero-order valence-corrected chi connectivity index (χ0v) is 17.3. The predicted molar refractivity (Wildman–Crippen MR) is 115 cm³/mol. The lowest BCUT2D eigenvalue weighted by atomic mass is 10.1. The number of benzene rings is 3. The molecule has 0 unspecified atom stereocenters. The van der Waals surface area contributed by atoms with Crippen LogP contribution in [0.3, 0.4) is 0 Å². The maximum Gasteiger partial charge on any atom is 0.264 e. The van der Waals surface area contributed by atoms with Crippen molar-refractivity contribution >= 4 is 21.6 Å². The minimum Gasteiger partial charge on any atom is -0.348 e. The quantitative estimate of drug-likeness (QED) is 0.639. The van der Waals surface area contributed by atoms with Crippen LogP contribution in [-0.4, -0.2) is 20.9 Å². The van der Waals surface area contributed by atoms with E-state index in [9.17, 15) is 13.2 Å². The number of sulfonamides is 1. The summed E-state index contributed by atoms with van der Waals surface area (Å²) in [7, 11) is -3.80. The Kier molecular flexibility index (Phi) is 6.34. The van der Waals surface area contributed by atoms with E-state index in [1.165, 1.54) is 10.4 Å². The fraction of sp³-hybridized carbons (Fsp3) is 0.174. The molecule has 1 amide bonds. The molecule has 0 aromatic heterocycles. The number of carbonyl (C=O) groups is 1. The Morgan fingerprint density at radius 1 is 0.931 bits per heavy atom. The van der Waals surface area contributed by atoms with Crippen LogP contribution in [0.4, 0.5) is 5.69 Å². The molecule has 0 saturated carbocycles. The van der Waals surface area contributed by atoms with Gasteiger partial charge in [0.15, 0.2) is 0 Å². The van der Waals surface area contributed by atoms with Gasteiger partial charge in [-0.1, -0.05) is 54.6 Å². The van der Waals surface area contributed by atoms with Gasteiger partial charge in [0.05, 0.1) is 10.6 Å². The molecule has 0 spiro atoms. The van der Waals surface area contributed by atoms with Crippen molar-refractivity contribution in [3.63, 3.8) is 0 Å². The molecule has 0 bridgehead atoms. The van der Waals surface area contributed by atoms with Gasteiger partial charge in [0.1, 0.15) is 0 Å². The lowest BCUT2D eigenvalue weighted by Crippen LogP contribution is -2.31. The Bertz CT molecular complexity index is 1080. The summed E-state index contributed by atoms with van der Waals surface area (Å²) in [5, 5.41) is 2.84. The van der Waals surface area contributed by atoms with Crippen LogP contribution in [0, 0.1) is 6.92 Å². The molecule has 0 saturated heterocycles. The van der Waals surface area contributed by atoms with E-state index in [2.05, 4.69) is 5.32 Å². The summed E-state index contributed by atoms with van der Waals surface area (Å²) in [6.45, 7) is 4.19. The third kappa shape index (κ3) is 4.66. The Morgan fingerprint density at radius 2 is 1.55 bits per heavy atom. The maximum absolute atomic E-state index is 13.3. The van der Waals surface area contributed by atoms with Crippen molar-refractivity contribution in [3.05, 3.63) is 95.6 Å². The summed E-state index contributed by atoms with van der Waals surface area (Å²) < 4.78 is 28.0. The average molecular weight is 409 g/mol. The second kappa shape index (κ2) is 8.92. The molecule has 5 nitrogen and oxygen atoms in total. The highest BCUT2D eigenvalue weighted by molar-refractivity contribution is 7.92. The molecule has 3 aromatic rings. The van der Waals surface area contributed by atoms with E-state index in [0.29, 0.717) is 23.4 Å². The first kappa shape index (κ1) is 20.6. The van der Waals surface area contributed by atoms with Gasteiger partial charge in [-0.2, -0.15) is 0 Å². The van der Waals surface area contributed by atoms with E-state index < -0.39 is 10.0 Å². The van der Waals surface area contributed by atoms with E-state index in [4.69, 9.17) is 0 Å². The third-order valence-corrected chi connectivity index (χ3v) is 6.69. The number of nitrogens with one attached hydrogen (secondary N) is 1. The van der Waals surface area contributed by atoms with E-state index in [-0.39, 0.29) is 17.3 Å². The molecule has 0 heterocycles. The Labute approximate surface area is 172 Å². The highest BCUT2D eigenvalue weighted by Gasteiger charge is 2.26. The molecule has 1 N–H and O–H groups in total. The molecule has 29 heavy (non-hydrogen) atoms. The predicted octanol–water partition coefficient (Wildman–Crippen LogP) is 4.14. The van der Waals surface area contributed by atoms with Gasteiger partial charge in [0, 0.05) is 18.7 Å². The van der Waals surface area contributed by atoms with Crippen molar-refractivity contribution < 1.29 is 13.2 Å². The number of hydrogen-bond donors (Lipinski definition) is 1. The van der Waals surface area contributed by atoms with Crippen LogP contribution >= 0.6 is 0 Å². The second-order valence-corrected chi connectivity index (χ2v) is 8.48. The van der Waals surface area contributed by atoms with Gasteiger partial charge in [-0.05, 0) is 49.2 Å². The fourth-order valence-corrected chi connectivity index (χ4v) is 4.83. The Hall–Kier alpha value is -3.12. The molecule has 3 rings (SSSR count). The monoisotopic (exact) mass is 408 g/mol. The van der Waals surface area contributed by atoms with Crippen LogP contribution in [0.1, 0.15) is 28.4 Å². The van der Waals surface area contributed by atoms with Gasteiger partial charge in [0.25, 0.3) is 15.9 Å². The molecule has 6 heteroatoms. The topological polar surface area (TPSA) is 66.5 Å². The van der Waals surface area contributed by atoms with E-state index in [1.54, 1.807) is 50.2 Å². The number of hydrogen-bond acceptors (Lipinski definition) is 3. The summed E-state index contributed by atoms with van der Waals surface area (Å²) in [5.41, 5.74) is 2.48. The van der Waals surface area contributed by atoms with Crippen molar-refractivity contribution in [2.24, 2.45) is 0 Å². The Balaban J connectivity index is 1.88. The van der Waals surface area contributed by atoms with Gasteiger partial charge in [-0.25, -0.2) is 8.42 Å². The molecular weight excluding hydrogens is 384 g/mol. The van der Waals surface area contributed by atoms with E-state index in [0.717, 1.165) is 5.56 Å². The van der Waals surface area contributed by atoms with Crippen molar-refractivity contribution in [1.29, 1.82) is 0 Å². The first-order valence-corrected chi connectivity index (χ1v) is 10.9. The number of amides is 1. The van der Waals surface area contributed by atoms with Crippen molar-refractivity contribution in [2.45, 2.75) is 25.3 Å². The average Bonchev–Trinajstić information content (AvgIpc) is 2.74. The summed E-state index contributed by atoms with van der Waals surface area (Å²) in [5.74, 6) is -0.312. The zero-order valence-electron chi connectivity index (χ0n) is 16.5. The van der Waals surface area contributed by atoms with Crippen LogP contribution in [0.15, 0.2) is 83.8 Å². The lowest BCUT2D eigenvalue weighted by Gasteiger charge is -2.24. The smallest absolute Gasteiger partial charge is 0.264 e. The number of rotatable bonds is 7. The summed E-state index contributed by atoms with van der Waals surface area (Å²) in [4.78, 5) is 12.7. The van der Waals surface area contributed by atoms with Gasteiger partial charge in [-0.15, -0.1) is 0 Å². The highest BCUT2D eigenvalue weighted by Crippen LogP contribution is 2.26. The van der Waals surface area contributed by atoms with Gasteiger partial charge in [0.2, 0.25) is 0 Å². The molecule has 0 radical (unpaired) electrons. The second-order valence-electron chi connectivity index (χ2n) is 6.65. The molecule has 3 aromatic carbocycles. The number of nitrogens with zero attached hydrogens (tertiary/aromatic N) is 1. The third-order valence-electron chi connectivity index (χ3n) is 4.65. The van der Waals surface area contributed by atoms with Crippen molar-refractivity contribution in [2.75, 3.05) is 10.8 Å². The molecule has 0 fully saturated rings. The number of carbonyl (C=O) groups excluding carboxylic acids is 1. The van der Waals surface area contributed by atoms with Gasteiger partial charge < -0.3 is 5.32 Å². The van der Waals surface area contributed by atoms with Crippen molar-refractivity contribution in [1.82, 2.24) is 5.32 Å². The molecule has 0 aliphatic rings. The van der Waals surface area contributed by atoms with E-state index in [1.807, 2.05) is 36.4 Å². The molecule has 150 valence electrons. The largest absolute Gasteiger partial charge is 0.348 e. The van der Waals surface area contributed by atoms with Crippen LogP contribution in [0.25, 0.3) is 0 Å². The summed E-state index contributed by atoms with van der Waals surface area (Å²) >= 11 is 0. The molecular formula is C23H24N2O3S. The highest BCUT2D eigenvalue weighted by atomic mass is 32.2. The zero-order chi connectivity index (χ0) is 20.9. The fourth-order valence-electron chi connectivity index (χ4n) is 3.10. The lowest BCUT2D eigenvalue weighted by molar-refractivity contribution is 0.0950. The normalized spacial score (nSPS) is 11.1. The summed E-state index contributed by atoms with van der Waals surface area (Å²) in [6, 6.07) is 23.3. The van der Waals surface area contributed by atoms with Crippen LogP contribution in [0.5, 0.6) is 0 Å². The summed E-state index contributed by atoms with van der Waals surface area (Å²) in [6.07, 6.45) is 0. The number of para-hydroxylation sites is 1. The molecule has 0 atom stereocenters. The maximum atomic E-state index is 13.3. The molecule has 0 aliphatic heterocycles. The number of anilines is 1. The van der Waals surface area contributed by atoms with Crippen LogP contribution in [-0.2, 0) is 16.6 Å². The SMILES string of the molecule is CCN(c1ccccc1)S(=O)(=O)c1cc(C(=O)NCc2ccccc2)ccc1C. The number of aryl methyl sites for hydroxylation is 1. The van der Waals surface area contributed by atoms with E-state index >= 15 is 0 Å². The minimum absolute atomic E-state index is 0.135. The van der Waals surface area contributed by atoms with Crippen LogP contribution < -0.4 is 9.62 Å². The molecule has 0 aliphatic carbocycles. The first-order chi connectivity index (χ1) is 13.9. The minimum atomic E-state index is -3.80. The van der Waals surface area contributed by atoms with Gasteiger partial charge in [-0.3, -0.25) is 9.10 Å².